The van der Waals surface area contributed by atoms with Crippen LogP contribution in [0.1, 0.15) is 33.1 Å². The molecule has 0 saturated heterocycles. The van der Waals surface area contributed by atoms with E-state index in [0.717, 1.165) is 0 Å². The second kappa shape index (κ2) is 9.18. The number of carboxylic acids is 1. The summed E-state index contributed by atoms with van der Waals surface area (Å²) < 4.78 is 4.52. The van der Waals surface area contributed by atoms with E-state index in [2.05, 4.69) is 10.1 Å². The first-order chi connectivity index (χ1) is 8.94. The van der Waals surface area contributed by atoms with Gasteiger partial charge >= 0.3 is 18.0 Å². The van der Waals surface area contributed by atoms with Crippen LogP contribution in [0.3, 0.4) is 0 Å². The van der Waals surface area contributed by atoms with E-state index in [1.54, 1.807) is 6.92 Å². The van der Waals surface area contributed by atoms with E-state index in [-0.39, 0.29) is 13.0 Å². The molecule has 1 atom stereocenters. The highest BCUT2D eigenvalue weighted by Gasteiger charge is 2.20. The molecule has 0 radical (unpaired) electrons. The summed E-state index contributed by atoms with van der Waals surface area (Å²) in [5.41, 5.74) is 0. The van der Waals surface area contributed by atoms with Crippen LogP contribution in [0.15, 0.2) is 0 Å². The smallest absolute Gasteiger partial charge is 0.325 e. The topological polar surface area (TPSA) is 95.9 Å². The van der Waals surface area contributed by atoms with E-state index in [0.29, 0.717) is 19.4 Å². The predicted molar refractivity (Wildman–Crippen MR) is 68.7 cm³/mol. The number of urea groups is 1. The molecule has 19 heavy (non-hydrogen) atoms. The maximum atomic E-state index is 11.9. The number of esters is 1. The van der Waals surface area contributed by atoms with Crippen molar-refractivity contribution in [2.45, 2.75) is 39.2 Å². The van der Waals surface area contributed by atoms with E-state index < -0.39 is 24.0 Å². The Bertz CT molecular complexity index is 319. The number of rotatable bonds is 8. The SMILES string of the molecule is CCCN(CC(=O)OC)C(=O)NC(CC)CC(=O)O. The van der Waals surface area contributed by atoms with Gasteiger partial charge in [-0.1, -0.05) is 13.8 Å². The van der Waals surface area contributed by atoms with E-state index in [1.165, 1.54) is 12.0 Å². The van der Waals surface area contributed by atoms with Crippen LogP contribution >= 0.6 is 0 Å². The largest absolute Gasteiger partial charge is 0.481 e. The van der Waals surface area contributed by atoms with E-state index >= 15 is 0 Å². The lowest BCUT2D eigenvalue weighted by Gasteiger charge is -2.24. The summed E-state index contributed by atoms with van der Waals surface area (Å²) in [5.74, 6) is -1.47. The fourth-order valence-electron chi connectivity index (χ4n) is 1.52. The second-order valence-electron chi connectivity index (χ2n) is 4.15. The third kappa shape index (κ3) is 7.28. The minimum atomic E-state index is -0.970. The molecule has 0 spiro atoms. The Kier molecular flexibility index (Phi) is 8.32. The third-order valence-corrected chi connectivity index (χ3v) is 2.57. The van der Waals surface area contributed by atoms with Crippen molar-refractivity contribution in [2.24, 2.45) is 0 Å². The summed E-state index contributed by atoms with van der Waals surface area (Å²) >= 11 is 0. The Morgan fingerprint density at radius 3 is 2.37 bits per heavy atom. The number of carbonyl (C=O) groups excluding carboxylic acids is 2. The van der Waals surface area contributed by atoms with Gasteiger partial charge in [-0.15, -0.1) is 0 Å². The Hall–Kier alpha value is -1.79. The van der Waals surface area contributed by atoms with Crippen molar-refractivity contribution >= 4 is 18.0 Å². The number of aliphatic carboxylic acids is 1. The van der Waals surface area contributed by atoms with Crippen molar-refractivity contribution in [3.63, 3.8) is 0 Å². The molecular weight excluding hydrogens is 252 g/mol. The predicted octanol–water partition coefficient (Wildman–Crippen LogP) is 0.834. The maximum Gasteiger partial charge on any atom is 0.325 e. The van der Waals surface area contributed by atoms with E-state index in [9.17, 15) is 14.4 Å². The van der Waals surface area contributed by atoms with Crippen LogP contribution < -0.4 is 5.32 Å². The van der Waals surface area contributed by atoms with Gasteiger partial charge < -0.3 is 20.1 Å². The fourth-order valence-corrected chi connectivity index (χ4v) is 1.52. The van der Waals surface area contributed by atoms with E-state index in [4.69, 9.17) is 5.11 Å². The van der Waals surface area contributed by atoms with Gasteiger partial charge in [0.25, 0.3) is 0 Å². The number of hydrogen-bond acceptors (Lipinski definition) is 4. The molecule has 7 nitrogen and oxygen atoms in total. The fraction of sp³-hybridized carbons (Fsp3) is 0.750. The Morgan fingerprint density at radius 2 is 1.95 bits per heavy atom. The number of hydrogen-bond donors (Lipinski definition) is 2. The molecule has 1 unspecified atom stereocenters. The lowest BCUT2D eigenvalue weighted by molar-refractivity contribution is -0.141. The zero-order valence-corrected chi connectivity index (χ0v) is 11.6. The van der Waals surface area contributed by atoms with Crippen molar-refractivity contribution in [3.8, 4) is 0 Å². The summed E-state index contributed by atoms with van der Waals surface area (Å²) in [4.78, 5) is 35.1. The molecule has 0 aromatic carbocycles. The quantitative estimate of drug-likeness (QED) is 0.639. The van der Waals surface area contributed by atoms with Crippen molar-refractivity contribution in [1.29, 1.82) is 0 Å². The number of carbonyl (C=O) groups is 3. The van der Waals surface area contributed by atoms with Crippen LogP contribution in [0.25, 0.3) is 0 Å². The lowest BCUT2D eigenvalue weighted by atomic mass is 10.1. The zero-order valence-electron chi connectivity index (χ0n) is 11.6. The molecular formula is C12H22N2O5. The van der Waals surface area contributed by atoms with Crippen LogP contribution in [-0.2, 0) is 14.3 Å². The number of amides is 2. The first-order valence-electron chi connectivity index (χ1n) is 6.28. The van der Waals surface area contributed by atoms with Crippen LogP contribution in [0.4, 0.5) is 4.79 Å². The van der Waals surface area contributed by atoms with Gasteiger partial charge in [0.15, 0.2) is 0 Å². The maximum absolute atomic E-state index is 11.9. The molecule has 110 valence electrons. The Morgan fingerprint density at radius 1 is 1.32 bits per heavy atom. The molecule has 0 aromatic rings. The molecule has 0 aromatic heterocycles. The normalized spacial score (nSPS) is 11.5. The summed E-state index contributed by atoms with van der Waals surface area (Å²) in [5, 5.41) is 11.3. The van der Waals surface area contributed by atoms with Crippen molar-refractivity contribution in [2.75, 3.05) is 20.2 Å². The number of carboxylic acid groups (broad SMARTS) is 1. The van der Waals surface area contributed by atoms with Gasteiger partial charge in [-0.25, -0.2) is 4.79 Å². The van der Waals surface area contributed by atoms with Crippen LogP contribution in [0.5, 0.6) is 0 Å². The molecule has 2 amide bonds. The summed E-state index contributed by atoms with van der Waals surface area (Å²) in [6, 6.07) is -0.887. The Labute approximate surface area is 112 Å². The molecule has 0 saturated carbocycles. The standard InChI is InChI=1S/C12H22N2O5/c1-4-6-14(8-11(17)19-3)12(18)13-9(5-2)7-10(15)16/h9H,4-8H2,1-3H3,(H,13,18)(H,15,16). The number of nitrogens with zero attached hydrogens (tertiary/aromatic N) is 1. The molecule has 2 N–H and O–H groups in total. The average Bonchev–Trinajstić information content (AvgIpc) is 2.36. The Balaban J connectivity index is 4.52. The monoisotopic (exact) mass is 274 g/mol. The van der Waals surface area contributed by atoms with Gasteiger partial charge in [0.05, 0.1) is 13.5 Å². The first kappa shape index (κ1) is 17.2. The molecule has 0 bridgehead atoms. The molecule has 0 rings (SSSR count). The van der Waals surface area contributed by atoms with Gasteiger partial charge in [-0.2, -0.15) is 0 Å². The minimum absolute atomic E-state index is 0.138. The van der Waals surface area contributed by atoms with Crippen molar-refractivity contribution < 1.29 is 24.2 Å². The van der Waals surface area contributed by atoms with E-state index in [1.807, 2.05) is 6.92 Å². The highest BCUT2D eigenvalue weighted by Crippen LogP contribution is 2.01. The van der Waals surface area contributed by atoms with Crippen molar-refractivity contribution in [1.82, 2.24) is 10.2 Å². The molecule has 0 heterocycles. The van der Waals surface area contributed by atoms with Gasteiger partial charge in [0.1, 0.15) is 6.54 Å². The van der Waals surface area contributed by atoms with Gasteiger partial charge in [-0.05, 0) is 12.8 Å². The number of methoxy groups -OCH3 is 1. The lowest BCUT2D eigenvalue weighted by Crippen LogP contribution is -2.47. The number of ether oxygens (including phenoxy) is 1. The van der Waals surface area contributed by atoms with Crippen LogP contribution in [0.2, 0.25) is 0 Å². The second-order valence-corrected chi connectivity index (χ2v) is 4.15. The summed E-state index contributed by atoms with van der Waals surface area (Å²) in [6.07, 6.45) is 1.07. The molecule has 0 aliphatic rings. The number of nitrogens with one attached hydrogen (secondary N) is 1. The summed E-state index contributed by atoms with van der Waals surface area (Å²) in [6.45, 7) is 3.94. The minimum Gasteiger partial charge on any atom is -0.481 e. The zero-order chi connectivity index (χ0) is 14.8. The van der Waals surface area contributed by atoms with Crippen LogP contribution in [0, 0.1) is 0 Å². The highest BCUT2D eigenvalue weighted by molar-refractivity contribution is 5.81. The average molecular weight is 274 g/mol. The molecule has 0 fully saturated rings. The molecule has 0 aliphatic heterocycles. The van der Waals surface area contributed by atoms with Gasteiger partial charge in [-0.3, -0.25) is 9.59 Å². The summed E-state index contributed by atoms with van der Waals surface area (Å²) in [7, 11) is 1.25. The third-order valence-electron chi connectivity index (χ3n) is 2.57. The van der Waals surface area contributed by atoms with Crippen molar-refractivity contribution in [3.05, 3.63) is 0 Å². The highest BCUT2D eigenvalue weighted by atomic mass is 16.5. The first-order valence-corrected chi connectivity index (χ1v) is 6.28. The van der Waals surface area contributed by atoms with Gasteiger partial charge in [0, 0.05) is 12.6 Å². The molecule has 7 heteroatoms. The van der Waals surface area contributed by atoms with Gasteiger partial charge in [0.2, 0.25) is 0 Å². The van der Waals surface area contributed by atoms with Crippen LogP contribution in [-0.4, -0.2) is 54.2 Å². The molecule has 0 aliphatic carbocycles.